The van der Waals surface area contributed by atoms with E-state index in [2.05, 4.69) is 5.32 Å². The average Bonchev–Trinajstić information content (AvgIpc) is 3.18. The monoisotopic (exact) mass is 284 g/mol. The maximum Gasteiger partial charge on any atom is 0.293 e. The summed E-state index contributed by atoms with van der Waals surface area (Å²) in [6.07, 6.45) is 3.36. The Kier molecular flexibility index (Phi) is 4.99. The number of hydrogen-bond donors (Lipinski definition) is 1. The molecule has 1 fully saturated rings. The second-order valence-electron chi connectivity index (χ2n) is 4.69. The van der Waals surface area contributed by atoms with E-state index in [9.17, 15) is 10.1 Å². The Labute approximate surface area is 117 Å². The van der Waals surface area contributed by atoms with Crippen LogP contribution in [0.3, 0.4) is 0 Å². The highest BCUT2D eigenvalue weighted by atomic mass is 35.5. The Morgan fingerprint density at radius 2 is 2.26 bits per heavy atom. The van der Waals surface area contributed by atoms with Gasteiger partial charge in [-0.05, 0) is 31.2 Å². The largest absolute Gasteiger partial charge is 0.381 e. The number of para-hydroxylation sites is 1. The van der Waals surface area contributed by atoms with Gasteiger partial charge >= 0.3 is 0 Å². The lowest BCUT2D eigenvalue weighted by Gasteiger charge is -2.09. The standard InChI is InChI=1S/C13H17ClN2O3/c14-11-3-1-4-12(16(17)18)13(11)15-7-2-8-19-9-10-5-6-10/h1,3-4,10,15H,2,5-9H2. The second kappa shape index (κ2) is 6.73. The molecule has 0 saturated heterocycles. The highest BCUT2D eigenvalue weighted by Gasteiger charge is 2.21. The molecule has 0 atom stereocenters. The number of halogens is 1. The number of rotatable bonds is 8. The molecule has 0 heterocycles. The van der Waals surface area contributed by atoms with Gasteiger partial charge in [0.25, 0.3) is 5.69 Å². The Morgan fingerprint density at radius 1 is 1.47 bits per heavy atom. The minimum Gasteiger partial charge on any atom is -0.381 e. The van der Waals surface area contributed by atoms with Crippen LogP contribution in [0.15, 0.2) is 18.2 Å². The zero-order valence-electron chi connectivity index (χ0n) is 10.6. The van der Waals surface area contributed by atoms with Gasteiger partial charge in [-0.25, -0.2) is 0 Å². The molecule has 0 radical (unpaired) electrons. The molecular formula is C13H17ClN2O3. The van der Waals surface area contributed by atoms with Gasteiger partial charge in [-0.2, -0.15) is 0 Å². The van der Waals surface area contributed by atoms with Gasteiger partial charge in [0.05, 0.1) is 9.95 Å². The lowest BCUT2D eigenvalue weighted by Crippen LogP contribution is -2.08. The highest BCUT2D eigenvalue weighted by Crippen LogP contribution is 2.31. The topological polar surface area (TPSA) is 64.4 Å². The second-order valence-corrected chi connectivity index (χ2v) is 5.10. The van der Waals surface area contributed by atoms with Crippen LogP contribution in [-0.4, -0.2) is 24.7 Å². The Morgan fingerprint density at radius 3 is 2.95 bits per heavy atom. The van der Waals surface area contributed by atoms with Gasteiger partial charge in [0.15, 0.2) is 0 Å². The van der Waals surface area contributed by atoms with Crippen LogP contribution in [-0.2, 0) is 4.74 Å². The molecule has 104 valence electrons. The summed E-state index contributed by atoms with van der Waals surface area (Å²) < 4.78 is 5.50. The number of benzene rings is 1. The fourth-order valence-corrected chi connectivity index (χ4v) is 2.00. The van der Waals surface area contributed by atoms with Crippen molar-refractivity contribution in [3.05, 3.63) is 33.3 Å². The summed E-state index contributed by atoms with van der Waals surface area (Å²) in [4.78, 5) is 10.4. The number of nitro benzene ring substituents is 1. The number of hydrogen-bond acceptors (Lipinski definition) is 4. The van der Waals surface area contributed by atoms with Crippen molar-refractivity contribution in [1.29, 1.82) is 0 Å². The van der Waals surface area contributed by atoms with Gasteiger partial charge in [-0.3, -0.25) is 10.1 Å². The van der Waals surface area contributed by atoms with E-state index in [0.29, 0.717) is 23.9 Å². The molecular weight excluding hydrogens is 268 g/mol. The number of nitro groups is 1. The first-order chi connectivity index (χ1) is 9.18. The first-order valence-corrected chi connectivity index (χ1v) is 6.81. The van der Waals surface area contributed by atoms with Crippen molar-refractivity contribution in [2.24, 2.45) is 5.92 Å². The van der Waals surface area contributed by atoms with E-state index < -0.39 is 4.92 Å². The maximum atomic E-state index is 10.9. The van der Waals surface area contributed by atoms with Crippen LogP contribution < -0.4 is 5.32 Å². The van der Waals surface area contributed by atoms with E-state index in [-0.39, 0.29) is 5.69 Å². The third kappa shape index (κ3) is 4.36. The zero-order valence-corrected chi connectivity index (χ0v) is 11.4. The molecule has 1 N–H and O–H groups in total. The van der Waals surface area contributed by atoms with Crippen LogP contribution in [0.25, 0.3) is 0 Å². The number of ether oxygens (including phenoxy) is 1. The minimum absolute atomic E-state index is 0.00592. The summed E-state index contributed by atoms with van der Waals surface area (Å²) >= 11 is 5.97. The highest BCUT2D eigenvalue weighted by molar-refractivity contribution is 6.33. The predicted molar refractivity (Wildman–Crippen MR) is 74.8 cm³/mol. The molecule has 0 aromatic heterocycles. The molecule has 5 nitrogen and oxygen atoms in total. The third-order valence-corrected chi connectivity index (χ3v) is 3.32. The smallest absolute Gasteiger partial charge is 0.293 e. The molecule has 1 saturated carbocycles. The minimum atomic E-state index is -0.433. The summed E-state index contributed by atoms with van der Waals surface area (Å²) in [6, 6.07) is 4.66. The summed E-state index contributed by atoms with van der Waals surface area (Å²) in [5.41, 5.74) is 0.391. The Balaban J connectivity index is 1.76. The van der Waals surface area contributed by atoms with E-state index in [1.54, 1.807) is 12.1 Å². The van der Waals surface area contributed by atoms with E-state index in [0.717, 1.165) is 18.9 Å². The third-order valence-electron chi connectivity index (χ3n) is 3.01. The van der Waals surface area contributed by atoms with Crippen LogP contribution in [0, 0.1) is 16.0 Å². The lowest BCUT2D eigenvalue weighted by atomic mass is 10.2. The van der Waals surface area contributed by atoms with Crippen LogP contribution in [0.1, 0.15) is 19.3 Å². The molecule has 0 unspecified atom stereocenters. The number of nitrogens with zero attached hydrogens (tertiary/aromatic N) is 1. The fraction of sp³-hybridized carbons (Fsp3) is 0.538. The molecule has 0 aliphatic heterocycles. The lowest BCUT2D eigenvalue weighted by molar-refractivity contribution is -0.383. The SMILES string of the molecule is O=[N+]([O-])c1cccc(Cl)c1NCCCOCC1CC1. The van der Waals surface area contributed by atoms with Crippen molar-refractivity contribution < 1.29 is 9.66 Å². The van der Waals surface area contributed by atoms with Gasteiger partial charge in [-0.15, -0.1) is 0 Å². The maximum absolute atomic E-state index is 10.9. The van der Waals surface area contributed by atoms with E-state index >= 15 is 0 Å². The molecule has 0 bridgehead atoms. The van der Waals surface area contributed by atoms with Crippen LogP contribution >= 0.6 is 11.6 Å². The fourth-order valence-electron chi connectivity index (χ4n) is 1.76. The normalized spacial score (nSPS) is 14.4. The first-order valence-electron chi connectivity index (χ1n) is 6.43. The average molecular weight is 285 g/mol. The van der Waals surface area contributed by atoms with Gasteiger partial charge in [0.1, 0.15) is 5.69 Å². The van der Waals surface area contributed by atoms with Gasteiger partial charge in [-0.1, -0.05) is 17.7 Å². The zero-order chi connectivity index (χ0) is 13.7. The van der Waals surface area contributed by atoms with E-state index in [1.807, 2.05) is 0 Å². The quantitative estimate of drug-likeness (QED) is 0.451. The molecule has 1 aliphatic rings. The molecule has 0 amide bonds. The molecule has 6 heteroatoms. The van der Waals surface area contributed by atoms with Crippen molar-refractivity contribution in [3.8, 4) is 0 Å². The summed E-state index contributed by atoms with van der Waals surface area (Å²) in [5.74, 6) is 0.762. The number of anilines is 1. The van der Waals surface area contributed by atoms with Crippen LogP contribution in [0.2, 0.25) is 5.02 Å². The molecule has 1 aromatic rings. The van der Waals surface area contributed by atoms with Gasteiger partial charge in [0.2, 0.25) is 0 Å². The predicted octanol–water partition coefficient (Wildman–Crippen LogP) is 3.48. The summed E-state index contributed by atoms with van der Waals surface area (Å²) in [7, 11) is 0. The summed E-state index contributed by atoms with van der Waals surface area (Å²) in [6.45, 7) is 2.11. The van der Waals surface area contributed by atoms with Crippen LogP contribution in [0.4, 0.5) is 11.4 Å². The molecule has 2 rings (SSSR count). The van der Waals surface area contributed by atoms with Gasteiger partial charge in [0, 0.05) is 25.8 Å². The Hall–Kier alpha value is -1.33. The first kappa shape index (κ1) is 14.1. The van der Waals surface area contributed by atoms with Crippen molar-refractivity contribution >= 4 is 23.0 Å². The van der Waals surface area contributed by atoms with Crippen LogP contribution in [0.5, 0.6) is 0 Å². The summed E-state index contributed by atoms with van der Waals surface area (Å²) in [5, 5.41) is 14.3. The van der Waals surface area contributed by atoms with Crippen molar-refractivity contribution in [2.45, 2.75) is 19.3 Å². The molecule has 1 aliphatic carbocycles. The molecule has 0 spiro atoms. The Bertz CT molecular complexity index is 450. The molecule has 1 aromatic carbocycles. The van der Waals surface area contributed by atoms with Gasteiger partial charge < -0.3 is 10.1 Å². The van der Waals surface area contributed by atoms with Crippen molar-refractivity contribution in [1.82, 2.24) is 0 Å². The number of nitrogens with one attached hydrogen (secondary N) is 1. The van der Waals surface area contributed by atoms with E-state index in [1.165, 1.54) is 18.9 Å². The van der Waals surface area contributed by atoms with E-state index in [4.69, 9.17) is 16.3 Å². The van der Waals surface area contributed by atoms with Crippen molar-refractivity contribution in [3.63, 3.8) is 0 Å². The van der Waals surface area contributed by atoms with Crippen molar-refractivity contribution in [2.75, 3.05) is 25.1 Å². The molecule has 19 heavy (non-hydrogen) atoms.